The molecular formula is C22H23ClN4O4S. The topological polar surface area (TPSA) is 93.5 Å². The Kier molecular flexibility index (Phi) is 6.38. The van der Waals surface area contributed by atoms with Crippen LogP contribution in [-0.4, -0.2) is 49.0 Å². The summed E-state index contributed by atoms with van der Waals surface area (Å²) in [6.45, 7) is 1.19. The zero-order valence-electron chi connectivity index (χ0n) is 17.4. The number of carbonyl (C=O) groups excluding carboxylic acids is 1. The minimum Gasteiger partial charge on any atom is -0.495 e. The van der Waals surface area contributed by atoms with Gasteiger partial charge in [-0.1, -0.05) is 17.7 Å². The van der Waals surface area contributed by atoms with Crippen molar-refractivity contribution in [2.45, 2.75) is 23.8 Å². The fourth-order valence-electron chi connectivity index (χ4n) is 3.80. The van der Waals surface area contributed by atoms with Gasteiger partial charge in [0, 0.05) is 42.1 Å². The van der Waals surface area contributed by atoms with Crippen LogP contribution in [0.1, 0.15) is 29.2 Å². The summed E-state index contributed by atoms with van der Waals surface area (Å²) in [4.78, 5) is 18.9. The predicted molar refractivity (Wildman–Crippen MR) is 122 cm³/mol. The maximum Gasteiger partial charge on any atom is 0.262 e. The summed E-state index contributed by atoms with van der Waals surface area (Å²) in [5.41, 5.74) is 0.547. The van der Waals surface area contributed by atoms with Gasteiger partial charge in [0.05, 0.1) is 24.0 Å². The second kappa shape index (κ2) is 9.22. The van der Waals surface area contributed by atoms with Crippen LogP contribution in [0.15, 0.2) is 66.1 Å². The number of halogens is 1. The van der Waals surface area contributed by atoms with Crippen molar-refractivity contribution in [2.24, 2.45) is 0 Å². The molecule has 0 atom stereocenters. The lowest BCUT2D eigenvalue weighted by Crippen LogP contribution is -2.39. The van der Waals surface area contributed by atoms with Gasteiger partial charge in [0.25, 0.3) is 15.9 Å². The third kappa shape index (κ3) is 4.73. The molecular weight excluding hydrogens is 452 g/mol. The Bertz CT molecular complexity index is 1210. The number of nitrogens with one attached hydrogen (secondary N) is 1. The molecule has 1 aromatic heterocycles. The number of ether oxygens (including phenoxy) is 1. The molecule has 2 aromatic carbocycles. The first-order valence-electron chi connectivity index (χ1n) is 10.1. The molecule has 10 heteroatoms. The molecule has 0 radical (unpaired) electrons. The number of benzene rings is 2. The van der Waals surface area contributed by atoms with E-state index in [0.29, 0.717) is 35.5 Å². The smallest absolute Gasteiger partial charge is 0.262 e. The van der Waals surface area contributed by atoms with Gasteiger partial charge in [0.2, 0.25) is 0 Å². The second-order valence-electron chi connectivity index (χ2n) is 7.51. The summed E-state index contributed by atoms with van der Waals surface area (Å²) in [5, 5.41) is 0.367. The largest absolute Gasteiger partial charge is 0.495 e. The molecule has 4 rings (SSSR count). The van der Waals surface area contributed by atoms with Gasteiger partial charge < -0.3 is 14.2 Å². The number of methoxy groups -OCH3 is 1. The van der Waals surface area contributed by atoms with Crippen molar-refractivity contribution in [3.05, 3.63) is 71.8 Å². The van der Waals surface area contributed by atoms with Crippen LogP contribution >= 0.6 is 11.6 Å². The molecule has 3 aromatic rings. The zero-order valence-corrected chi connectivity index (χ0v) is 19.0. The van der Waals surface area contributed by atoms with E-state index in [-0.39, 0.29) is 16.5 Å². The number of amides is 1. The molecule has 1 saturated heterocycles. The second-order valence-corrected chi connectivity index (χ2v) is 9.63. The molecule has 0 aliphatic carbocycles. The molecule has 1 N–H and O–H groups in total. The standard InChI is InChI=1S/C22H23ClN4O4S/c1-31-21-6-5-17(23)14-20(21)25-32(29,30)19-4-2-3-16(13-19)22(28)26-10-7-18(8-11-26)27-12-9-24-15-27/h2-6,9,12-15,18,25H,7-8,10-11H2,1H3. The number of nitrogens with zero attached hydrogens (tertiary/aromatic N) is 3. The summed E-state index contributed by atoms with van der Waals surface area (Å²) in [6, 6.07) is 11.0. The molecule has 0 unspecified atom stereocenters. The third-order valence-electron chi connectivity index (χ3n) is 5.50. The molecule has 1 fully saturated rings. The van der Waals surface area contributed by atoms with Crippen molar-refractivity contribution in [1.29, 1.82) is 0 Å². The van der Waals surface area contributed by atoms with Gasteiger partial charge in [-0.2, -0.15) is 0 Å². The fourth-order valence-corrected chi connectivity index (χ4v) is 5.07. The first kappa shape index (κ1) is 22.2. The highest BCUT2D eigenvalue weighted by atomic mass is 35.5. The SMILES string of the molecule is COc1ccc(Cl)cc1NS(=O)(=O)c1cccc(C(=O)N2CCC(n3ccnc3)CC2)c1. The lowest BCUT2D eigenvalue weighted by Gasteiger charge is -2.32. The highest BCUT2D eigenvalue weighted by Crippen LogP contribution is 2.30. The number of aromatic nitrogens is 2. The van der Waals surface area contributed by atoms with Crippen molar-refractivity contribution in [3.63, 3.8) is 0 Å². The van der Waals surface area contributed by atoms with E-state index in [4.69, 9.17) is 16.3 Å². The zero-order chi connectivity index (χ0) is 22.7. The van der Waals surface area contributed by atoms with Crippen molar-refractivity contribution < 1.29 is 17.9 Å². The lowest BCUT2D eigenvalue weighted by molar-refractivity contribution is 0.0694. The van der Waals surface area contributed by atoms with Crippen molar-refractivity contribution >= 4 is 33.2 Å². The van der Waals surface area contributed by atoms with Gasteiger partial charge in [-0.25, -0.2) is 13.4 Å². The van der Waals surface area contributed by atoms with E-state index in [1.165, 1.54) is 25.3 Å². The Balaban J connectivity index is 1.49. The molecule has 0 bridgehead atoms. The summed E-state index contributed by atoms with van der Waals surface area (Å²) < 4.78 is 35.7. The summed E-state index contributed by atoms with van der Waals surface area (Å²) in [7, 11) is -2.52. The number of hydrogen-bond donors (Lipinski definition) is 1. The van der Waals surface area contributed by atoms with Gasteiger partial charge in [-0.15, -0.1) is 0 Å². The van der Waals surface area contributed by atoms with Crippen LogP contribution in [0, 0.1) is 0 Å². The van der Waals surface area contributed by atoms with Gasteiger partial charge >= 0.3 is 0 Å². The van der Waals surface area contributed by atoms with Crippen molar-refractivity contribution in [1.82, 2.24) is 14.5 Å². The van der Waals surface area contributed by atoms with E-state index >= 15 is 0 Å². The first-order chi connectivity index (χ1) is 15.4. The molecule has 1 aliphatic rings. The maximum absolute atomic E-state index is 13.0. The third-order valence-corrected chi connectivity index (χ3v) is 7.09. The van der Waals surface area contributed by atoms with Gasteiger partial charge in [0.1, 0.15) is 5.75 Å². The molecule has 32 heavy (non-hydrogen) atoms. The number of piperidine rings is 1. The molecule has 0 saturated carbocycles. The van der Waals surface area contributed by atoms with Crippen molar-refractivity contribution in [2.75, 3.05) is 24.9 Å². The predicted octanol–water partition coefficient (Wildman–Crippen LogP) is 3.82. The van der Waals surface area contributed by atoms with E-state index in [2.05, 4.69) is 14.3 Å². The number of hydrogen-bond acceptors (Lipinski definition) is 5. The van der Waals surface area contributed by atoms with Crippen LogP contribution in [0.5, 0.6) is 5.75 Å². The Hall–Kier alpha value is -3.04. The van der Waals surface area contributed by atoms with Crippen LogP contribution in [-0.2, 0) is 10.0 Å². The Morgan fingerprint density at radius 3 is 2.66 bits per heavy atom. The summed E-state index contributed by atoms with van der Waals surface area (Å²) in [6.07, 6.45) is 7.10. The quantitative estimate of drug-likeness (QED) is 0.586. The fraction of sp³-hybridized carbons (Fsp3) is 0.273. The highest BCUT2D eigenvalue weighted by Gasteiger charge is 2.25. The monoisotopic (exact) mass is 474 g/mol. The Morgan fingerprint density at radius 1 is 1.19 bits per heavy atom. The number of rotatable bonds is 6. The van der Waals surface area contributed by atoms with Crippen LogP contribution < -0.4 is 9.46 Å². The van der Waals surface area contributed by atoms with E-state index in [9.17, 15) is 13.2 Å². The lowest BCUT2D eigenvalue weighted by atomic mass is 10.0. The van der Waals surface area contributed by atoms with E-state index in [1.54, 1.807) is 41.7 Å². The van der Waals surface area contributed by atoms with E-state index < -0.39 is 10.0 Å². The molecule has 0 spiro atoms. The van der Waals surface area contributed by atoms with Crippen LogP contribution in [0.25, 0.3) is 0 Å². The Labute approximate surface area is 191 Å². The number of likely N-dealkylation sites (tertiary alicyclic amines) is 1. The first-order valence-corrected chi connectivity index (χ1v) is 12.0. The number of carbonyl (C=O) groups is 1. The maximum atomic E-state index is 13.0. The average molecular weight is 475 g/mol. The van der Waals surface area contributed by atoms with Crippen LogP contribution in [0.2, 0.25) is 5.02 Å². The molecule has 1 aliphatic heterocycles. The normalized spacial score (nSPS) is 14.9. The molecule has 8 nitrogen and oxygen atoms in total. The number of imidazole rings is 1. The highest BCUT2D eigenvalue weighted by molar-refractivity contribution is 7.92. The van der Waals surface area contributed by atoms with Crippen LogP contribution in [0.4, 0.5) is 5.69 Å². The Morgan fingerprint density at radius 2 is 1.97 bits per heavy atom. The summed E-state index contributed by atoms with van der Waals surface area (Å²) in [5.74, 6) is 0.150. The van der Waals surface area contributed by atoms with Gasteiger partial charge in [0.15, 0.2) is 0 Å². The van der Waals surface area contributed by atoms with E-state index in [0.717, 1.165) is 12.8 Å². The molecule has 168 valence electrons. The molecule has 2 heterocycles. The number of anilines is 1. The van der Waals surface area contributed by atoms with Crippen molar-refractivity contribution in [3.8, 4) is 5.75 Å². The van der Waals surface area contributed by atoms with Crippen LogP contribution in [0.3, 0.4) is 0 Å². The van der Waals surface area contributed by atoms with Gasteiger partial charge in [-0.05, 0) is 49.2 Å². The van der Waals surface area contributed by atoms with Gasteiger partial charge in [-0.3, -0.25) is 9.52 Å². The molecule has 1 amide bonds. The average Bonchev–Trinajstić information content (AvgIpc) is 3.34. The number of sulfonamides is 1. The minimum absolute atomic E-state index is 0.0151. The van der Waals surface area contributed by atoms with E-state index in [1.807, 2.05) is 6.20 Å². The summed E-state index contributed by atoms with van der Waals surface area (Å²) >= 11 is 6.00. The minimum atomic E-state index is -3.96.